The second-order valence-corrected chi connectivity index (χ2v) is 8.71. The van der Waals surface area contributed by atoms with E-state index in [1.165, 1.54) is 0 Å². The maximum absolute atomic E-state index is 12.9. The van der Waals surface area contributed by atoms with Crippen LogP contribution >= 0.6 is 11.6 Å². The van der Waals surface area contributed by atoms with Crippen LogP contribution < -0.4 is 20.1 Å². The van der Waals surface area contributed by atoms with Crippen LogP contribution in [0.15, 0.2) is 42.5 Å². The molecule has 2 aromatic rings. The maximum atomic E-state index is 12.9. The molecule has 1 amide bonds. The second kappa shape index (κ2) is 10.8. The van der Waals surface area contributed by atoms with Crippen LogP contribution in [-0.4, -0.2) is 49.7 Å². The fraction of sp³-hybridized carbons (Fsp3) is 0.458. The molecule has 0 radical (unpaired) electrons. The topological polar surface area (TPSA) is 62.8 Å². The van der Waals surface area contributed by atoms with Crippen LogP contribution in [0.4, 0.5) is 0 Å². The van der Waals surface area contributed by atoms with Gasteiger partial charge in [-0.1, -0.05) is 23.7 Å². The van der Waals surface area contributed by atoms with Gasteiger partial charge in [-0.05, 0) is 55.7 Å². The van der Waals surface area contributed by atoms with Gasteiger partial charge in [0.05, 0.1) is 20.3 Å². The molecular weight excluding hydrogens is 414 g/mol. The summed E-state index contributed by atoms with van der Waals surface area (Å²) in [6.45, 7) is 6.10. The summed E-state index contributed by atoms with van der Waals surface area (Å²) in [4.78, 5) is 15.1. The lowest BCUT2D eigenvalue weighted by Gasteiger charge is -2.24. The van der Waals surface area contributed by atoms with Gasteiger partial charge in [0.15, 0.2) is 0 Å². The zero-order valence-corrected chi connectivity index (χ0v) is 19.4. The Morgan fingerprint density at radius 1 is 1.13 bits per heavy atom. The molecule has 2 atom stereocenters. The van der Waals surface area contributed by atoms with E-state index in [1.807, 2.05) is 56.3 Å². The number of ether oxygens (including phenoxy) is 2. The summed E-state index contributed by atoms with van der Waals surface area (Å²) in [6, 6.07) is 13.8. The lowest BCUT2D eigenvalue weighted by Crippen LogP contribution is -2.45. The summed E-state index contributed by atoms with van der Waals surface area (Å²) in [7, 11) is 3.29. The van der Waals surface area contributed by atoms with Crippen molar-refractivity contribution in [3.05, 3.63) is 58.6 Å². The lowest BCUT2D eigenvalue weighted by atomic mass is 10.1. The average Bonchev–Trinajstić information content (AvgIpc) is 3.14. The van der Waals surface area contributed by atoms with Gasteiger partial charge in [-0.15, -0.1) is 0 Å². The van der Waals surface area contributed by atoms with E-state index in [9.17, 15) is 4.79 Å². The van der Waals surface area contributed by atoms with E-state index in [-0.39, 0.29) is 24.0 Å². The highest BCUT2D eigenvalue weighted by atomic mass is 35.5. The molecule has 7 heteroatoms. The highest BCUT2D eigenvalue weighted by Gasteiger charge is 2.36. The van der Waals surface area contributed by atoms with E-state index >= 15 is 0 Å². The van der Waals surface area contributed by atoms with E-state index in [2.05, 4.69) is 15.5 Å². The average molecular weight is 446 g/mol. The van der Waals surface area contributed by atoms with Crippen LogP contribution in [0.3, 0.4) is 0 Å². The Kier molecular flexibility index (Phi) is 8.18. The van der Waals surface area contributed by atoms with Crippen molar-refractivity contribution in [2.24, 2.45) is 0 Å². The van der Waals surface area contributed by atoms with Crippen molar-refractivity contribution in [2.45, 2.75) is 51.5 Å². The van der Waals surface area contributed by atoms with E-state index in [4.69, 9.17) is 21.1 Å². The van der Waals surface area contributed by atoms with Crippen molar-refractivity contribution < 1.29 is 14.3 Å². The van der Waals surface area contributed by atoms with Gasteiger partial charge < -0.3 is 20.1 Å². The first kappa shape index (κ1) is 23.4. The van der Waals surface area contributed by atoms with Crippen LogP contribution in [-0.2, 0) is 17.9 Å². The van der Waals surface area contributed by atoms with Crippen molar-refractivity contribution >= 4 is 17.5 Å². The number of methoxy groups -OCH3 is 2. The summed E-state index contributed by atoms with van der Waals surface area (Å²) >= 11 is 6.16. The van der Waals surface area contributed by atoms with Gasteiger partial charge in [0.25, 0.3) is 0 Å². The molecule has 0 bridgehead atoms. The Morgan fingerprint density at radius 2 is 1.84 bits per heavy atom. The molecule has 2 aromatic carbocycles. The fourth-order valence-corrected chi connectivity index (χ4v) is 4.19. The van der Waals surface area contributed by atoms with Crippen molar-refractivity contribution in [1.82, 2.24) is 15.5 Å². The highest BCUT2D eigenvalue weighted by Crippen LogP contribution is 2.25. The van der Waals surface area contributed by atoms with E-state index in [0.29, 0.717) is 18.1 Å². The number of amides is 1. The van der Waals surface area contributed by atoms with Crippen LogP contribution in [0.2, 0.25) is 5.02 Å². The third kappa shape index (κ3) is 6.60. The van der Waals surface area contributed by atoms with Crippen LogP contribution in [0, 0.1) is 0 Å². The summed E-state index contributed by atoms with van der Waals surface area (Å²) in [5, 5.41) is 7.39. The molecule has 168 valence electrons. The van der Waals surface area contributed by atoms with E-state index < -0.39 is 0 Å². The van der Waals surface area contributed by atoms with Gasteiger partial charge in [-0.25, -0.2) is 0 Å². The molecule has 0 spiro atoms. The first-order valence-corrected chi connectivity index (χ1v) is 11.0. The third-order valence-corrected chi connectivity index (χ3v) is 5.65. The third-order valence-electron chi connectivity index (χ3n) is 5.42. The van der Waals surface area contributed by atoms with Crippen molar-refractivity contribution in [3.8, 4) is 11.5 Å². The molecule has 3 rings (SSSR count). The number of hydrogen-bond donors (Lipinski definition) is 2. The molecule has 31 heavy (non-hydrogen) atoms. The van der Waals surface area contributed by atoms with Gasteiger partial charge in [-0.2, -0.15) is 0 Å². The Morgan fingerprint density at radius 3 is 2.45 bits per heavy atom. The molecule has 2 N–H and O–H groups in total. The Bertz CT molecular complexity index is 868. The number of carbonyl (C=O) groups excluding carboxylic acids is 1. The summed E-state index contributed by atoms with van der Waals surface area (Å²) in [5.74, 6) is 1.60. The van der Waals surface area contributed by atoms with Gasteiger partial charge in [0.1, 0.15) is 11.5 Å². The number of nitrogens with zero attached hydrogens (tertiary/aromatic N) is 1. The van der Waals surface area contributed by atoms with Gasteiger partial charge in [0, 0.05) is 42.8 Å². The summed E-state index contributed by atoms with van der Waals surface area (Å²) < 4.78 is 10.7. The standard InChI is InChI=1S/C24H32ClN3O3/c1-16(2)27-24(29)23-11-20(15-28(23)14-17-6-5-7-19(25)8-17)26-13-18-9-21(30-3)12-22(10-18)31-4/h5-10,12,16,20,23,26H,11,13-15H2,1-4H3,(H,27,29)/t20-,23+/m1/s1. The molecule has 1 heterocycles. The van der Waals surface area contributed by atoms with E-state index in [0.717, 1.165) is 35.6 Å². The monoisotopic (exact) mass is 445 g/mol. The Hall–Kier alpha value is -2.28. The van der Waals surface area contributed by atoms with Gasteiger partial charge >= 0.3 is 0 Å². The summed E-state index contributed by atoms with van der Waals surface area (Å²) in [6.07, 6.45) is 0.750. The minimum absolute atomic E-state index is 0.0735. The van der Waals surface area contributed by atoms with Crippen molar-refractivity contribution in [2.75, 3.05) is 20.8 Å². The number of halogens is 1. The number of benzene rings is 2. The number of rotatable bonds is 9. The fourth-order valence-electron chi connectivity index (χ4n) is 3.98. The second-order valence-electron chi connectivity index (χ2n) is 8.27. The minimum Gasteiger partial charge on any atom is -0.497 e. The number of nitrogens with one attached hydrogen (secondary N) is 2. The van der Waals surface area contributed by atoms with Crippen molar-refractivity contribution in [3.63, 3.8) is 0 Å². The number of likely N-dealkylation sites (tertiary alicyclic amines) is 1. The van der Waals surface area contributed by atoms with Crippen LogP contribution in [0.5, 0.6) is 11.5 Å². The predicted octanol–water partition coefficient (Wildman–Crippen LogP) is 3.61. The first-order chi connectivity index (χ1) is 14.9. The van der Waals surface area contributed by atoms with Gasteiger partial charge in [-0.3, -0.25) is 9.69 Å². The SMILES string of the molecule is COc1cc(CN[C@@H]2C[C@@H](C(=O)NC(C)C)N(Cc3cccc(Cl)c3)C2)cc(OC)c1. The molecule has 6 nitrogen and oxygen atoms in total. The molecule has 1 aliphatic rings. The maximum Gasteiger partial charge on any atom is 0.237 e. The zero-order chi connectivity index (χ0) is 22.4. The number of hydrogen-bond acceptors (Lipinski definition) is 5. The first-order valence-electron chi connectivity index (χ1n) is 10.6. The molecule has 0 aliphatic carbocycles. The smallest absolute Gasteiger partial charge is 0.237 e. The molecule has 1 aliphatic heterocycles. The molecule has 1 fully saturated rings. The van der Waals surface area contributed by atoms with Crippen LogP contribution in [0.25, 0.3) is 0 Å². The summed E-state index contributed by atoms with van der Waals surface area (Å²) in [5.41, 5.74) is 2.18. The zero-order valence-electron chi connectivity index (χ0n) is 18.7. The molecule has 0 saturated carbocycles. The quantitative estimate of drug-likeness (QED) is 0.617. The molecule has 0 unspecified atom stereocenters. The van der Waals surface area contributed by atoms with E-state index in [1.54, 1.807) is 14.2 Å². The normalized spacial score (nSPS) is 18.9. The highest BCUT2D eigenvalue weighted by molar-refractivity contribution is 6.30. The van der Waals surface area contributed by atoms with Crippen LogP contribution in [0.1, 0.15) is 31.4 Å². The Labute approximate surface area is 189 Å². The lowest BCUT2D eigenvalue weighted by molar-refractivity contribution is -0.126. The largest absolute Gasteiger partial charge is 0.497 e. The Balaban J connectivity index is 1.69. The minimum atomic E-state index is -0.182. The van der Waals surface area contributed by atoms with Crippen molar-refractivity contribution in [1.29, 1.82) is 0 Å². The molecule has 1 saturated heterocycles. The molecular formula is C24H32ClN3O3. The molecule has 0 aromatic heterocycles. The predicted molar refractivity (Wildman–Crippen MR) is 124 cm³/mol. The number of carbonyl (C=O) groups is 1. The van der Waals surface area contributed by atoms with Gasteiger partial charge in [0.2, 0.25) is 5.91 Å².